The summed E-state index contributed by atoms with van der Waals surface area (Å²) in [5.74, 6) is 1.19. The van der Waals surface area contributed by atoms with Crippen LogP contribution in [0.15, 0.2) is 18.2 Å². The number of amides is 1. The molecule has 0 unspecified atom stereocenters. The Labute approximate surface area is 145 Å². The number of rotatable bonds is 5. The molecule has 23 heavy (non-hydrogen) atoms. The van der Waals surface area contributed by atoms with Gasteiger partial charge in [-0.3, -0.25) is 9.59 Å². The molecule has 124 valence electrons. The molecule has 1 N–H and O–H groups in total. The third-order valence-electron chi connectivity index (χ3n) is 4.90. The monoisotopic (exact) mass is 355 g/mol. The number of fused-ring (bicyclic) bond motifs is 2. The molecule has 3 atom stereocenters. The molecule has 0 aliphatic heterocycles. The molecule has 1 aromatic carbocycles. The molecular weight excluding hydrogens is 337 g/mol. The molecule has 0 spiro atoms. The molecule has 0 heterocycles. The number of ether oxygens (including phenoxy) is 1. The highest BCUT2D eigenvalue weighted by Gasteiger charge is 2.40. The summed E-state index contributed by atoms with van der Waals surface area (Å²) in [7, 11) is 0. The lowest BCUT2D eigenvalue weighted by Crippen LogP contribution is -2.23. The van der Waals surface area contributed by atoms with Crippen LogP contribution in [0.2, 0.25) is 10.0 Å². The van der Waals surface area contributed by atoms with Crippen molar-refractivity contribution in [2.75, 3.05) is 11.9 Å². The van der Waals surface area contributed by atoms with Gasteiger partial charge in [-0.2, -0.15) is 0 Å². The molecule has 1 aromatic rings. The van der Waals surface area contributed by atoms with Crippen LogP contribution in [0.25, 0.3) is 0 Å². The minimum absolute atomic E-state index is 0.274. The zero-order valence-corrected chi connectivity index (χ0v) is 14.2. The Morgan fingerprint density at radius 2 is 2.04 bits per heavy atom. The molecule has 6 heteroatoms. The Balaban J connectivity index is 1.43. The van der Waals surface area contributed by atoms with E-state index in [9.17, 15) is 9.59 Å². The number of hydrogen-bond donors (Lipinski definition) is 1. The highest BCUT2D eigenvalue weighted by atomic mass is 35.5. The zero-order valence-electron chi connectivity index (χ0n) is 12.7. The first-order valence-corrected chi connectivity index (χ1v) is 8.68. The van der Waals surface area contributed by atoms with Gasteiger partial charge in [-0.25, -0.2) is 0 Å². The first-order chi connectivity index (χ1) is 11.0. The summed E-state index contributed by atoms with van der Waals surface area (Å²) in [6.07, 6.45) is 5.34. The Morgan fingerprint density at radius 3 is 2.74 bits per heavy atom. The number of hydrogen-bond acceptors (Lipinski definition) is 3. The van der Waals surface area contributed by atoms with E-state index in [1.54, 1.807) is 18.2 Å². The number of benzene rings is 1. The van der Waals surface area contributed by atoms with Crippen molar-refractivity contribution < 1.29 is 14.3 Å². The van der Waals surface area contributed by atoms with E-state index < -0.39 is 5.91 Å². The lowest BCUT2D eigenvalue weighted by Gasteiger charge is -2.20. The normalized spacial score (nSPS) is 25.4. The van der Waals surface area contributed by atoms with Gasteiger partial charge in [-0.15, -0.1) is 0 Å². The molecule has 0 radical (unpaired) electrons. The predicted molar refractivity (Wildman–Crippen MR) is 89.6 cm³/mol. The van der Waals surface area contributed by atoms with Crippen molar-refractivity contribution in [3.63, 3.8) is 0 Å². The van der Waals surface area contributed by atoms with Gasteiger partial charge < -0.3 is 10.1 Å². The van der Waals surface area contributed by atoms with Gasteiger partial charge in [-0.05, 0) is 49.1 Å². The van der Waals surface area contributed by atoms with E-state index in [0.717, 1.165) is 12.3 Å². The van der Waals surface area contributed by atoms with Crippen molar-refractivity contribution in [2.45, 2.75) is 32.1 Å². The van der Waals surface area contributed by atoms with Crippen molar-refractivity contribution in [1.29, 1.82) is 0 Å². The number of carbonyl (C=O) groups excluding carboxylic acids is 2. The Hall–Kier alpha value is -1.26. The highest BCUT2D eigenvalue weighted by molar-refractivity contribution is 6.43. The molecule has 2 aliphatic rings. The summed E-state index contributed by atoms with van der Waals surface area (Å²) in [6, 6.07) is 4.96. The fraction of sp³-hybridized carbons (Fsp3) is 0.529. The maximum Gasteiger partial charge on any atom is 0.306 e. The summed E-state index contributed by atoms with van der Waals surface area (Å²) >= 11 is 11.9. The van der Waals surface area contributed by atoms with Gasteiger partial charge in [-0.1, -0.05) is 35.7 Å². The Bertz CT molecular complexity index is 620. The Kier molecular flexibility index (Phi) is 5.12. The minimum atomic E-state index is -0.421. The number of nitrogens with one attached hydrogen (secondary N) is 1. The van der Waals surface area contributed by atoms with Gasteiger partial charge in [0.25, 0.3) is 5.91 Å². The van der Waals surface area contributed by atoms with Crippen LogP contribution in [0.3, 0.4) is 0 Å². The van der Waals surface area contributed by atoms with E-state index in [1.807, 2.05) is 0 Å². The molecule has 0 aromatic heterocycles. The summed E-state index contributed by atoms with van der Waals surface area (Å²) in [5, 5.41) is 3.23. The van der Waals surface area contributed by atoms with Gasteiger partial charge >= 0.3 is 5.97 Å². The Morgan fingerprint density at radius 1 is 1.22 bits per heavy atom. The van der Waals surface area contributed by atoms with Crippen molar-refractivity contribution >= 4 is 40.8 Å². The fourth-order valence-corrected chi connectivity index (χ4v) is 4.18. The largest absolute Gasteiger partial charge is 0.456 e. The van der Waals surface area contributed by atoms with E-state index in [-0.39, 0.29) is 17.6 Å². The molecule has 1 amide bonds. The van der Waals surface area contributed by atoms with Crippen molar-refractivity contribution in [1.82, 2.24) is 0 Å². The second-order valence-corrected chi connectivity index (χ2v) is 7.23. The average Bonchev–Trinajstić information content (AvgIpc) is 3.12. The molecule has 2 aliphatic carbocycles. The predicted octanol–water partition coefficient (Wildman–Crippen LogP) is 4.30. The van der Waals surface area contributed by atoms with E-state index in [2.05, 4.69) is 5.32 Å². The minimum Gasteiger partial charge on any atom is -0.456 e. The maximum absolute atomic E-state index is 11.9. The first-order valence-electron chi connectivity index (χ1n) is 7.92. The summed E-state index contributed by atoms with van der Waals surface area (Å²) in [5.41, 5.74) is 0.410. The molecule has 0 saturated heterocycles. The summed E-state index contributed by atoms with van der Waals surface area (Å²) < 4.78 is 5.09. The van der Waals surface area contributed by atoms with Gasteiger partial charge in [0.1, 0.15) is 0 Å². The molecule has 2 saturated carbocycles. The van der Waals surface area contributed by atoms with E-state index in [1.165, 1.54) is 19.3 Å². The van der Waals surface area contributed by atoms with E-state index in [0.29, 0.717) is 29.0 Å². The standard InChI is InChI=1S/C17H19Cl2NO3/c18-13-2-1-3-14(17(13)19)20-15(21)9-23-16(22)8-12-7-10-4-5-11(12)6-10/h1-3,10-12H,4-9H2,(H,20,21)/t10-,11-,12+/m1/s1. The number of carbonyl (C=O) groups is 2. The highest BCUT2D eigenvalue weighted by Crippen LogP contribution is 2.49. The summed E-state index contributed by atoms with van der Waals surface area (Å²) in [6.45, 7) is -0.303. The van der Waals surface area contributed by atoms with Gasteiger partial charge in [0.15, 0.2) is 6.61 Å². The van der Waals surface area contributed by atoms with Crippen molar-refractivity contribution in [2.24, 2.45) is 17.8 Å². The van der Waals surface area contributed by atoms with Gasteiger partial charge in [0, 0.05) is 6.42 Å². The van der Waals surface area contributed by atoms with E-state index >= 15 is 0 Å². The molecular formula is C17H19Cl2NO3. The van der Waals surface area contributed by atoms with Crippen LogP contribution in [-0.4, -0.2) is 18.5 Å². The lowest BCUT2D eigenvalue weighted by molar-refractivity contribution is -0.148. The number of halogens is 2. The van der Waals surface area contributed by atoms with Crippen LogP contribution >= 0.6 is 23.2 Å². The van der Waals surface area contributed by atoms with Gasteiger partial charge in [0.2, 0.25) is 0 Å². The second-order valence-electron chi connectivity index (χ2n) is 6.45. The van der Waals surface area contributed by atoms with Crippen LogP contribution in [0.5, 0.6) is 0 Å². The lowest BCUT2D eigenvalue weighted by atomic mass is 9.86. The smallest absolute Gasteiger partial charge is 0.306 e. The van der Waals surface area contributed by atoms with Crippen LogP contribution in [0.4, 0.5) is 5.69 Å². The third-order valence-corrected chi connectivity index (χ3v) is 5.72. The number of esters is 1. The van der Waals surface area contributed by atoms with Crippen molar-refractivity contribution in [3.8, 4) is 0 Å². The quantitative estimate of drug-likeness (QED) is 0.801. The fourth-order valence-electron chi connectivity index (χ4n) is 3.83. The van der Waals surface area contributed by atoms with Crippen LogP contribution in [0, 0.1) is 17.8 Å². The van der Waals surface area contributed by atoms with E-state index in [4.69, 9.17) is 27.9 Å². The van der Waals surface area contributed by atoms with Crippen LogP contribution in [-0.2, 0) is 14.3 Å². The second kappa shape index (κ2) is 7.10. The third kappa shape index (κ3) is 3.99. The average molecular weight is 356 g/mol. The van der Waals surface area contributed by atoms with Crippen LogP contribution < -0.4 is 5.32 Å². The van der Waals surface area contributed by atoms with Crippen molar-refractivity contribution in [3.05, 3.63) is 28.2 Å². The van der Waals surface area contributed by atoms with Gasteiger partial charge in [0.05, 0.1) is 15.7 Å². The topological polar surface area (TPSA) is 55.4 Å². The number of anilines is 1. The SMILES string of the molecule is O=C(COC(=O)C[C@@H]1C[C@@H]2CC[C@@H]1C2)Nc1cccc(Cl)c1Cl. The molecule has 3 rings (SSSR count). The molecule has 4 nitrogen and oxygen atoms in total. The van der Waals surface area contributed by atoms with Crippen LogP contribution in [0.1, 0.15) is 32.1 Å². The maximum atomic E-state index is 11.9. The molecule has 2 bridgehead atoms. The summed E-state index contributed by atoms with van der Waals surface area (Å²) in [4.78, 5) is 23.8. The zero-order chi connectivity index (χ0) is 16.4. The molecule has 2 fully saturated rings. The first kappa shape index (κ1) is 16.6.